The van der Waals surface area contributed by atoms with Crippen molar-refractivity contribution in [1.29, 1.82) is 0 Å². The highest BCUT2D eigenvalue weighted by atomic mass is 19.3. The van der Waals surface area contributed by atoms with Gasteiger partial charge in [-0.25, -0.2) is 9.59 Å². The van der Waals surface area contributed by atoms with Gasteiger partial charge in [-0.15, -0.1) is 0 Å². The number of carbonyl (C=O) groups excluding carboxylic acids is 4. The van der Waals surface area contributed by atoms with Crippen molar-refractivity contribution in [1.82, 2.24) is 21.3 Å². The number of alkyl halides is 4. The Morgan fingerprint density at radius 1 is 0.657 bits per heavy atom. The van der Waals surface area contributed by atoms with Gasteiger partial charge in [0.05, 0.1) is 12.1 Å². The quantitative estimate of drug-likeness (QED) is 0.358. The van der Waals surface area contributed by atoms with Gasteiger partial charge in [-0.05, 0) is 12.1 Å². The van der Waals surface area contributed by atoms with Crippen molar-refractivity contribution in [3.05, 3.63) is 59.7 Å². The summed E-state index contributed by atoms with van der Waals surface area (Å²) in [5.41, 5.74) is -2.90. The van der Waals surface area contributed by atoms with Crippen LogP contribution in [-0.4, -0.2) is 37.1 Å². The topological polar surface area (TPSA) is 135 Å². The number of halogens is 4. The van der Waals surface area contributed by atoms with Crippen molar-refractivity contribution in [3.63, 3.8) is 0 Å². The zero-order valence-electron chi connectivity index (χ0n) is 17.4. The highest BCUT2D eigenvalue weighted by Gasteiger charge is 2.65. The Bertz CT molecular complexity index is 1110. The number of nitrogens with one attached hydrogen (secondary N) is 4. The van der Waals surface area contributed by atoms with E-state index in [4.69, 9.17) is 0 Å². The fraction of sp³-hybridized carbons (Fsp3) is 0.238. The minimum atomic E-state index is -3.30. The first-order chi connectivity index (χ1) is 16.6. The van der Waals surface area contributed by atoms with Gasteiger partial charge in [-0.3, -0.25) is 20.2 Å². The van der Waals surface area contributed by atoms with Gasteiger partial charge in [0.25, 0.3) is 0 Å². The summed E-state index contributed by atoms with van der Waals surface area (Å²) in [4.78, 5) is 51.3. The Morgan fingerprint density at radius 3 is 1.46 bits per heavy atom. The van der Waals surface area contributed by atoms with Crippen LogP contribution in [0.15, 0.2) is 48.5 Å². The maximum atomic E-state index is 13.4. The van der Waals surface area contributed by atoms with Crippen LogP contribution in [0.3, 0.4) is 0 Å². The maximum absolute atomic E-state index is 13.4. The normalized spacial score (nSPS) is 21.3. The summed E-state index contributed by atoms with van der Waals surface area (Å²) in [5.74, 6) is -3.40. The number of rotatable bonds is 6. The lowest BCUT2D eigenvalue weighted by atomic mass is 9.65. The van der Waals surface area contributed by atoms with Gasteiger partial charge in [0.15, 0.2) is 5.41 Å². The molecule has 0 saturated carbocycles. The molecule has 35 heavy (non-hydrogen) atoms. The second-order valence-electron chi connectivity index (χ2n) is 7.42. The molecule has 184 valence electrons. The molecule has 1 spiro atoms. The molecule has 4 N–H and O–H groups in total. The molecule has 2 heterocycles. The average molecular weight is 496 g/mol. The highest BCUT2D eigenvalue weighted by Crippen LogP contribution is 2.51. The molecule has 0 radical (unpaired) electrons. The average Bonchev–Trinajstić information content (AvgIpc) is 2.77. The monoisotopic (exact) mass is 496 g/mol. The van der Waals surface area contributed by atoms with E-state index in [-0.39, 0.29) is 11.1 Å². The predicted molar refractivity (Wildman–Crippen MR) is 107 cm³/mol. The number of carbonyl (C=O) groups is 4. The summed E-state index contributed by atoms with van der Waals surface area (Å²) in [6.07, 6.45) is 0. The molecule has 2 saturated heterocycles. The van der Waals surface area contributed by atoms with E-state index in [2.05, 4.69) is 20.1 Å². The molecule has 2 aliphatic heterocycles. The number of hydrogen-bond acceptors (Lipinski definition) is 6. The molecule has 6 amide bonds. The maximum Gasteiger partial charge on any atom is 0.387 e. The molecule has 2 aromatic rings. The highest BCUT2D eigenvalue weighted by molar-refractivity contribution is 6.21. The van der Waals surface area contributed by atoms with E-state index < -0.39 is 66.1 Å². The number of amides is 6. The van der Waals surface area contributed by atoms with E-state index in [0.717, 1.165) is 12.1 Å². The molecule has 2 aliphatic rings. The largest absolute Gasteiger partial charge is 0.434 e. The standard InChI is InChI=1S/C21H16F4N4O6/c22-17(23)34-11-7-3-1-5-9(11)13-21(15(30)28-20(33)29-16(21)31)14(27-19(32)26-13)10-6-2-4-8-12(10)35-18(24)25/h1-8,13-14,17-18H,(H2,26,27,32)(H2,28,29,30,31,33)/t13-,14-/m0/s1. The fourth-order valence-electron chi connectivity index (χ4n) is 4.26. The molecule has 0 bridgehead atoms. The lowest BCUT2D eigenvalue weighted by molar-refractivity contribution is -0.150. The Kier molecular flexibility index (Phi) is 6.20. The van der Waals surface area contributed by atoms with Gasteiger partial charge in [-0.1, -0.05) is 36.4 Å². The number of barbiturate groups is 1. The van der Waals surface area contributed by atoms with Crippen LogP contribution in [0.25, 0.3) is 0 Å². The van der Waals surface area contributed by atoms with Crippen LogP contribution in [0.5, 0.6) is 11.5 Å². The molecule has 10 nitrogen and oxygen atoms in total. The van der Waals surface area contributed by atoms with Crippen LogP contribution in [0, 0.1) is 5.41 Å². The molecule has 2 atom stereocenters. The van der Waals surface area contributed by atoms with E-state index in [1.807, 2.05) is 10.6 Å². The third kappa shape index (κ3) is 4.18. The van der Waals surface area contributed by atoms with Gasteiger partial charge >= 0.3 is 25.3 Å². The van der Waals surface area contributed by atoms with Crippen molar-refractivity contribution >= 4 is 23.9 Å². The van der Waals surface area contributed by atoms with Gasteiger partial charge in [0, 0.05) is 11.1 Å². The number of hydrogen-bond donors (Lipinski definition) is 4. The summed E-state index contributed by atoms with van der Waals surface area (Å²) in [6, 6.07) is 4.60. The minimum absolute atomic E-state index is 0.209. The molecule has 14 heteroatoms. The fourth-order valence-corrected chi connectivity index (χ4v) is 4.26. The van der Waals surface area contributed by atoms with E-state index in [1.54, 1.807) is 0 Å². The van der Waals surface area contributed by atoms with Crippen molar-refractivity contribution in [2.24, 2.45) is 5.41 Å². The van der Waals surface area contributed by atoms with Crippen molar-refractivity contribution in [2.45, 2.75) is 25.3 Å². The van der Waals surface area contributed by atoms with Crippen molar-refractivity contribution in [3.8, 4) is 11.5 Å². The lowest BCUT2D eigenvalue weighted by Gasteiger charge is -2.48. The number of para-hydroxylation sites is 2. The Morgan fingerprint density at radius 2 is 1.06 bits per heavy atom. The van der Waals surface area contributed by atoms with Gasteiger partial charge in [-0.2, -0.15) is 17.6 Å². The molecule has 0 aliphatic carbocycles. The second kappa shape index (κ2) is 9.12. The van der Waals surface area contributed by atoms with E-state index in [0.29, 0.717) is 0 Å². The molecular weight excluding hydrogens is 480 g/mol. The summed E-state index contributed by atoms with van der Waals surface area (Å²) < 4.78 is 61.4. The molecular formula is C21H16F4N4O6. The van der Waals surface area contributed by atoms with Crippen LogP contribution in [-0.2, 0) is 9.59 Å². The number of benzene rings is 2. The zero-order chi connectivity index (χ0) is 25.3. The second-order valence-corrected chi connectivity index (χ2v) is 7.42. The first kappa shape index (κ1) is 23.8. The smallest absolute Gasteiger partial charge is 0.387 e. The summed E-state index contributed by atoms with van der Waals surface area (Å²) in [7, 11) is 0. The Balaban J connectivity index is 1.97. The van der Waals surface area contributed by atoms with E-state index in [9.17, 15) is 36.7 Å². The molecule has 2 aromatic carbocycles. The van der Waals surface area contributed by atoms with Crippen LogP contribution in [0.4, 0.5) is 27.2 Å². The number of urea groups is 2. The Hall–Kier alpha value is -4.36. The molecule has 4 rings (SSSR count). The Labute approximate surface area is 193 Å². The van der Waals surface area contributed by atoms with Crippen LogP contribution in [0.2, 0.25) is 0 Å². The van der Waals surface area contributed by atoms with Gasteiger partial charge in [0.2, 0.25) is 11.8 Å². The number of ether oxygens (including phenoxy) is 2. The van der Waals surface area contributed by atoms with Crippen molar-refractivity contribution in [2.75, 3.05) is 0 Å². The third-order valence-electron chi connectivity index (χ3n) is 5.56. The summed E-state index contributed by atoms with van der Waals surface area (Å²) in [6.45, 7) is -6.59. The molecule has 0 aromatic heterocycles. The van der Waals surface area contributed by atoms with Crippen LogP contribution < -0.4 is 30.7 Å². The van der Waals surface area contributed by atoms with Crippen LogP contribution >= 0.6 is 0 Å². The molecule has 0 unspecified atom stereocenters. The molecule has 2 fully saturated rings. The summed E-state index contributed by atoms with van der Waals surface area (Å²) >= 11 is 0. The zero-order valence-corrected chi connectivity index (χ0v) is 17.4. The van der Waals surface area contributed by atoms with Gasteiger partial charge in [0.1, 0.15) is 11.5 Å². The summed E-state index contributed by atoms with van der Waals surface area (Å²) in [5, 5.41) is 8.54. The first-order valence-electron chi connectivity index (χ1n) is 9.96. The number of imide groups is 2. The first-order valence-corrected chi connectivity index (χ1v) is 9.96. The van der Waals surface area contributed by atoms with E-state index >= 15 is 0 Å². The van der Waals surface area contributed by atoms with Crippen molar-refractivity contribution < 1.29 is 46.2 Å². The lowest BCUT2D eigenvalue weighted by Crippen LogP contribution is -2.73. The van der Waals surface area contributed by atoms with E-state index in [1.165, 1.54) is 36.4 Å². The minimum Gasteiger partial charge on any atom is -0.434 e. The predicted octanol–water partition coefficient (Wildman–Crippen LogP) is 2.34. The van der Waals surface area contributed by atoms with Gasteiger partial charge < -0.3 is 20.1 Å². The third-order valence-corrected chi connectivity index (χ3v) is 5.56. The van der Waals surface area contributed by atoms with Crippen LogP contribution in [0.1, 0.15) is 23.2 Å². The SMILES string of the molecule is O=C1NC(=O)C2(C(=O)N1)[C@H](c1ccccc1OC(F)F)NC(=O)N[C@H]2c1ccccc1OC(F)F.